The third kappa shape index (κ3) is 4.57. The number of carbonyl (C=O) groups is 1. The Bertz CT molecular complexity index is 1180. The Kier molecular flexibility index (Phi) is 6.24. The van der Waals surface area contributed by atoms with Gasteiger partial charge in [-0.05, 0) is 55.0 Å². The largest absolute Gasteiger partial charge is 0.494 e. The maximum Gasteiger partial charge on any atom is 0.274 e. The number of ether oxygens (including phenoxy) is 1. The maximum absolute atomic E-state index is 13.0. The number of nitrogens with one attached hydrogen (secondary N) is 1. The number of rotatable bonds is 7. The highest BCUT2D eigenvalue weighted by Crippen LogP contribution is 2.26. The predicted molar refractivity (Wildman–Crippen MR) is 118 cm³/mol. The van der Waals surface area contributed by atoms with E-state index >= 15 is 0 Å². The average molecular weight is 434 g/mol. The molecule has 0 fully saturated rings. The lowest BCUT2D eigenvalue weighted by Crippen LogP contribution is -2.24. The topological polar surface area (TPSA) is 81.9 Å². The second-order valence-electron chi connectivity index (χ2n) is 6.64. The van der Waals surface area contributed by atoms with E-state index in [1.165, 1.54) is 0 Å². The third-order valence-corrected chi connectivity index (χ3v) is 5.00. The van der Waals surface area contributed by atoms with Crippen molar-refractivity contribution in [2.75, 3.05) is 6.61 Å². The molecule has 0 aliphatic rings. The van der Waals surface area contributed by atoms with Gasteiger partial charge in [0, 0.05) is 29.5 Å². The van der Waals surface area contributed by atoms with Crippen LogP contribution in [0.15, 0.2) is 73.1 Å². The summed E-state index contributed by atoms with van der Waals surface area (Å²) in [5.41, 5.74) is 3.14. The Morgan fingerprint density at radius 3 is 2.52 bits per heavy atom. The van der Waals surface area contributed by atoms with Gasteiger partial charge in [-0.25, -0.2) is 4.68 Å². The fourth-order valence-electron chi connectivity index (χ4n) is 3.14. The van der Waals surface area contributed by atoms with Crippen LogP contribution in [0.2, 0.25) is 5.02 Å². The van der Waals surface area contributed by atoms with Crippen LogP contribution >= 0.6 is 11.6 Å². The molecule has 8 heteroatoms. The molecule has 31 heavy (non-hydrogen) atoms. The Morgan fingerprint density at radius 1 is 1.06 bits per heavy atom. The number of benzene rings is 2. The van der Waals surface area contributed by atoms with Crippen LogP contribution in [-0.4, -0.2) is 32.5 Å². The van der Waals surface area contributed by atoms with E-state index in [9.17, 15) is 4.79 Å². The van der Waals surface area contributed by atoms with Crippen LogP contribution in [0, 0.1) is 0 Å². The van der Waals surface area contributed by atoms with Gasteiger partial charge in [-0.1, -0.05) is 35.0 Å². The molecule has 4 aromatic rings. The first-order chi connectivity index (χ1) is 15.2. The normalized spacial score (nSPS) is 10.6. The molecule has 4 rings (SSSR count). The molecule has 0 spiro atoms. The minimum absolute atomic E-state index is 0.215. The summed E-state index contributed by atoms with van der Waals surface area (Å²) in [7, 11) is 0. The van der Waals surface area contributed by atoms with Gasteiger partial charge in [0.25, 0.3) is 5.91 Å². The first-order valence-corrected chi connectivity index (χ1v) is 10.2. The average Bonchev–Trinajstić information content (AvgIpc) is 3.25. The summed E-state index contributed by atoms with van der Waals surface area (Å²) in [4.78, 5) is 17.1. The first kappa shape index (κ1) is 20.6. The number of nitrogens with zero attached hydrogens (tertiary/aromatic N) is 4. The van der Waals surface area contributed by atoms with Crippen LogP contribution in [0.5, 0.6) is 5.75 Å². The molecule has 0 unspecified atom stereocenters. The third-order valence-electron chi connectivity index (χ3n) is 4.63. The van der Waals surface area contributed by atoms with Crippen molar-refractivity contribution in [3.05, 3.63) is 89.3 Å². The fraction of sp³-hybridized carbons (Fsp3) is 0.130. The smallest absolute Gasteiger partial charge is 0.274 e. The Balaban J connectivity index is 1.68. The minimum atomic E-state index is -0.344. The van der Waals surface area contributed by atoms with E-state index in [2.05, 4.69) is 20.6 Å². The molecule has 0 bridgehead atoms. The lowest BCUT2D eigenvalue weighted by Gasteiger charge is -2.10. The molecule has 0 radical (unpaired) electrons. The van der Waals surface area contributed by atoms with Gasteiger partial charge in [-0.2, -0.15) is 0 Å². The Morgan fingerprint density at radius 2 is 1.81 bits per heavy atom. The van der Waals surface area contributed by atoms with Crippen LogP contribution in [0.3, 0.4) is 0 Å². The zero-order chi connectivity index (χ0) is 21.6. The molecule has 0 saturated heterocycles. The van der Waals surface area contributed by atoms with Crippen molar-refractivity contribution < 1.29 is 9.53 Å². The quantitative estimate of drug-likeness (QED) is 0.469. The molecule has 2 aromatic carbocycles. The molecule has 2 aromatic heterocycles. The van der Waals surface area contributed by atoms with Crippen molar-refractivity contribution in [1.29, 1.82) is 0 Å². The zero-order valence-electron chi connectivity index (χ0n) is 16.8. The van der Waals surface area contributed by atoms with Gasteiger partial charge < -0.3 is 10.1 Å². The summed E-state index contributed by atoms with van der Waals surface area (Å²) in [6.45, 7) is 2.80. The summed E-state index contributed by atoms with van der Waals surface area (Å²) in [6, 6.07) is 18.4. The molecule has 156 valence electrons. The molecule has 0 aliphatic heterocycles. The highest BCUT2D eigenvalue weighted by molar-refractivity contribution is 6.31. The number of halogens is 1. The summed E-state index contributed by atoms with van der Waals surface area (Å²) in [5, 5.41) is 11.9. The van der Waals surface area contributed by atoms with Gasteiger partial charge in [0.05, 0.1) is 12.3 Å². The molecular formula is C23H20ClN5O2. The molecular weight excluding hydrogens is 414 g/mol. The number of amides is 1. The summed E-state index contributed by atoms with van der Waals surface area (Å²) < 4.78 is 7.14. The fourth-order valence-corrected chi connectivity index (χ4v) is 3.34. The van der Waals surface area contributed by atoms with Crippen molar-refractivity contribution in [3.8, 4) is 22.7 Å². The molecule has 1 N–H and O–H groups in total. The zero-order valence-corrected chi connectivity index (χ0v) is 17.6. The van der Waals surface area contributed by atoms with Crippen LogP contribution in [0.25, 0.3) is 16.9 Å². The van der Waals surface area contributed by atoms with Gasteiger partial charge in [-0.3, -0.25) is 9.78 Å². The number of hydrogen-bond donors (Lipinski definition) is 1. The van der Waals surface area contributed by atoms with Gasteiger partial charge in [0.15, 0.2) is 5.69 Å². The number of carbonyl (C=O) groups excluding carboxylic acids is 1. The minimum Gasteiger partial charge on any atom is -0.494 e. The Hall–Kier alpha value is -3.71. The maximum atomic E-state index is 13.0. The molecule has 2 heterocycles. The standard InChI is InChI=1S/C23H20ClN5O2/c1-2-31-19-9-7-18(8-10-19)29-22(16-11-13-25-14-12-16)21(27-28-29)23(30)26-15-17-5-3-4-6-20(17)24/h3-14H,2,15H2,1H3,(H,26,30). The SMILES string of the molecule is CCOc1ccc(-n2nnc(C(=O)NCc3ccccc3Cl)c2-c2ccncc2)cc1. The number of hydrogen-bond acceptors (Lipinski definition) is 5. The van der Waals surface area contributed by atoms with Crippen molar-refractivity contribution in [1.82, 2.24) is 25.3 Å². The van der Waals surface area contributed by atoms with Crippen LogP contribution in [0.1, 0.15) is 23.0 Å². The molecule has 7 nitrogen and oxygen atoms in total. The summed E-state index contributed by atoms with van der Waals surface area (Å²) >= 11 is 6.20. The van der Waals surface area contributed by atoms with Gasteiger partial charge in [0.1, 0.15) is 11.4 Å². The lowest BCUT2D eigenvalue weighted by atomic mass is 10.1. The van der Waals surface area contributed by atoms with Crippen LogP contribution < -0.4 is 10.1 Å². The Labute approximate surface area is 184 Å². The summed E-state index contributed by atoms with van der Waals surface area (Å²) in [6.07, 6.45) is 3.33. The number of aromatic nitrogens is 4. The van der Waals surface area contributed by atoms with E-state index < -0.39 is 0 Å². The van der Waals surface area contributed by atoms with E-state index in [4.69, 9.17) is 16.3 Å². The first-order valence-electron chi connectivity index (χ1n) is 9.78. The highest BCUT2D eigenvalue weighted by atomic mass is 35.5. The van der Waals surface area contributed by atoms with E-state index in [1.807, 2.05) is 61.5 Å². The van der Waals surface area contributed by atoms with Gasteiger partial charge >= 0.3 is 0 Å². The van der Waals surface area contributed by atoms with E-state index in [0.717, 1.165) is 22.6 Å². The van der Waals surface area contributed by atoms with E-state index in [-0.39, 0.29) is 18.1 Å². The van der Waals surface area contributed by atoms with Crippen molar-refractivity contribution in [2.45, 2.75) is 13.5 Å². The van der Waals surface area contributed by atoms with Crippen molar-refractivity contribution >= 4 is 17.5 Å². The summed E-state index contributed by atoms with van der Waals surface area (Å²) in [5.74, 6) is 0.415. The second kappa shape index (κ2) is 9.40. The monoisotopic (exact) mass is 433 g/mol. The molecule has 0 atom stereocenters. The van der Waals surface area contributed by atoms with E-state index in [0.29, 0.717) is 17.3 Å². The lowest BCUT2D eigenvalue weighted by molar-refractivity contribution is 0.0946. The van der Waals surface area contributed by atoms with E-state index in [1.54, 1.807) is 23.1 Å². The second-order valence-corrected chi connectivity index (χ2v) is 7.04. The van der Waals surface area contributed by atoms with Crippen molar-refractivity contribution in [3.63, 3.8) is 0 Å². The van der Waals surface area contributed by atoms with Crippen LogP contribution in [-0.2, 0) is 6.54 Å². The van der Waals surface area contributed by atoms with Crippen molar-refractivity contribution in [2.24, 2.45) is 0 Å². The predicted octanol–water partition coefficient (Wildman–Crippen LogP) is 4.31. The molecule has 0 saturated carbocycles. The molecule has 1 amide bonds. The van der Waals surface area contributed by atoms with Crippen LogP contribution in [0.4, 0.5) is 0 Å². The molecule has 0 aliphatic carbocycles. The van der Waals surface area contributed by atoms with Gasteiger partial charge in [-0.15, -0.1) is 5.10 Å². The number of pyridine rings is 1. The highest BCUT2D eigenvalue weighted by Gasteiger charge is 2.22. The van der Waals surface area contributed by atoms with Gasteiger partial charge in [0.2, 0.25) is 0 Å².